The molecule has 1 atom stereocenters. The van der Waals surface area contributed by atoms with Crippen molar-refractivity contribution in [3.8, 4) is 5.75 Å². The number of likely N-dealkylation sites (N-methyl/N-ethyl adjacent to an activating group) is 1. The molecule has 0 aliphatic heterocycles. The number of hydrogen-bond donors (Lipinski definition) is 2. The molecule has 0 spiro atoms. The first-order valence-electron chi connectivity index (χ1n) is 10.0. The van der Waals surface area contributed by atoms with Crippen molar-refractivity contribution in [1.29, 1.82) is 0 Å². The third-order valence-corrected chi connectivity index (χ3v) is 4.91. The van der Waals surface area contributed by atoms with Crippen LogP contribution < -0.4 is 15.4 Å². The van der Waals surface area contributed by atoms with Gasteiger partial charge in [0.25, 0.3) is 0 Å². The zero-order valence-corrected chi connectivity index (χ0v) is 17.7. The number of nitrogens with one attached hydrogen (secondary N) is 2. The van der Waals surface area contributed by atoms with Gasteiger partial charge in [-0.25, -0.2) is 0 Å². The third-order valence-electron chi connectivity index (χ3n) is 4.91. The van der Waals surface area contributed by atoms with E-state index in [0.717, 1.165) is 12.1 Å². The molecule has 0 aliphatic carbocycles. The number of carbonyl (C=O) groups excluding carboxylic acids is 2. The Morgan fingerprint density at radius 3 is 2.14 bits per heavy atom. The van der Waals surface area contributed by atoms with E-state index in [-0.39, 0.29) is 24.9 Å². The Morgan fingerprint density at radius 2 is 1.59 bits per heavy atom. The summed E-state index contributed by atoms with van der Waals surface area (Å²) in [6, 6.07) is 15.1. The molecule has 29 heavy (non-hydrogen) atoms. The molecule has 2 amide bonds. The topological polar surface area (TPSA) is 70.7 Å². The first-order valence-corrected chi connectivity index (χ1v) is 10.0. The summed E-state index contributed by atoms with van der Waals surface area (Å²) < 4.78 is 5.16. The number of amides is 2. The van der Waals surface area contributed by atoms with E-state index < -0.39 is 0 Å². The molecule has 6 nitrogen and oxygen atoms in total. The lowest BCUT2D eigenvalue weighted by molar-refractivity contribution is -0.119. The average molecular weight is 398 g/mol. The van der Waals surface area contributed by atoms with Gasteiger partial charge in [0.05, 0.1) is 20.2 Å². The van der Waals surface area contributed by atoms with Gasteiger partial charge in [-0.15, -0.1) is 0 Å². The van der Waals surface area contributed by atoms with Gasteiger partial charge in [-0.3, -0.25) is 14.5 Å². The molecule has 0 radical (unpaired) electrons. The highest BCUT2D eigenvalue weighted by Crippen LogP contribution is 2.20. The van der Waals surface area contributed by atoms with E-state index in [1.165, 1.54) is 5.56 Å². The maximum Gasteiger partial charge on any atom is 0.238 e. The second kappa shape index (κ2) is 11.2. The summed E-state index contributed by atoms with van der Waals surface area (Å²) >= 11 is 0. The van der Waals surface area contributed by atoms with Crippen LogP contribution >= 0.6 is 0 Å². The quantitative estimate of drug-likeness (QED) is 0.633. The Balaban J connectivity index is 1.86. The van der Waals surface area contributed by atoms with E-state index in [1.54, 1.807) is 24.1 Å². The van der Waals surface area contributed by atoms with E-state index >= 15 is 0 Å². The molecule has 0 unspecified atom stereocenters. The van der Waals surface area contributed by atoms with E-state index in [4.69, 9.17) is 4.74 Å². The second-order valence-electron chi connectivity index (χ2n) is 7.06. The average Bonchev–Trinajstić information content (AvgIpc) is 2.73. The highest BCUT2D eigenvalue weighted by Gasteiger charge is 2.14. The SMILES string of the molecule is CC[C@@H](C)c1ccc(NC(=O)CN(CC)CC(=O)Nc2cccc(OC)c2)cc1. The van der Waals surface area contributed by atoms with Crippen LogP contribution in [0.15, 0.2) is 48.5 Å². The summed E-state index contributed by atoms with van der Waals surface area (Å²) in [4.78, 5) is 26.5. The Hall–Kier alpha value is -2.86. The van der Waals surface area contributed by atoms with Crippen LogP contribution in [0.25, 0.3) is 0 Å². The minimum Gasteiger partial charge on any atom is -0.497 e. The summed E-state index contributed by atoms with van der Waals surface area (Å²) in [5, 5.41) is 5.73. The number of anilines is 2. The highest BCUT2D eigenvalue weighted by atomic mass is 16.5. The molecule has 0 saturated heterocycles. The lowest BCUT2D eigenvalue weighted by Gasteiger charge is -2.19. The van der Waals surface area contributed by atoms with Crippen molar-refractivity contribution in [2.75, 3.05) is 37.4 Å². The number of benzene rings is 2. The number of rotatable bonds is 10. The molecule has 0 fully saturated rings. The number of hydrogen-bond acceptors (Lipinski definition) is 4. The fourth-order valence-corrected chi connectivity index (χ4v) is 2.92. The van der Waals surface area contributed by atoms with Crippen LogP contribution in [0.3, 0.4) is 0 Å². The molecule has 2 N–H and O–H groups in total. The number of ether oxygens (including phenoxy) is 1. The van der Waals surface area contributed by atoms with E-state index in [9.17, 15) is 9.59 Å². The van der Waals surface area contributed by atoms with Crippen LogP contribution in [0.2, 0.25) is 0 Å². The molecule has 2 rings (SSSR count). The van der Waals surface area contributed by atoms with Crippen LogP contribution in [0.1, 0.15) is 38.7 Å². The molecule has 0 aliphatic rings. The first-order chi connectivity index (χ1) is 13.9. The number of methoxy groups -OCH3 is 1. The molecule has 0 bridgehead atoms. The molecular weight excluding hydrogens is 366 g/mol. The second-order valence-corrected chi connectivity index (χ2v) is 7.06. The van der Waals surface area contributed by atoms with Gasteiger partial charge in [0.15, 0.2) is 0 Å². The molecule has 0 saturated carbocycles. The summed E-state index contributed by atoms with van der Waals surface area (Å²) in [6.45, 7) is 7.13. The molecule has 2 aromatic rings. The molecule has 156 valence electrons. The Labute approximate surface area is 173 Å². The van der Waals surface area contributed by atoms with Crippen LogP contribution in [-0.2, 0) is 9.59 Å². The van der Waals surface area contributed by atoms with Gasteiger partial charge in [0.2, 0.25) is 11.8 Å². The molecule has 2 aromatic carbocycles. The highest BCUT2D eigenvalue weighted by molar-refractivity contribution is 5.94. The predicted octanol–water partition coefficient (Wildman–Crippen LogP) is 4.11. The van der Waals surface area contributed by atoms with Gasteiger partial charge in [-0.05, 0) is 48.7 Å². The molecule has 0 heterocycles. The molecular formula is C23H31N3O3. The summed E-state index contributed by atoms with van der Waals surface area (Å²) in [7, 11) is 1.58. The van der Waals surface area contributed by atoms with Gasteiger partial charge in [0.1, 0.15) is 5.75 Å². The van der Waals surface area contributed by atoms with E-state index in [2.05, 4.69) is 24.5 Å². The van der Waals surface area contributed by atoms with E-state index in [1.807, 2.05) is 43.3 Å². The first kappa shape index (κ1) is 22.4. The predicted molar refractivity (Wildman–Crippen MR) is 118 cm³/mol. The monoisotopic (exact) mass is 397 g/mol. The van der Waals surface area contributed by atoms with Gasteiger partial charge in [-0.1, -0.05) is 39.0 Å². The van der Waals surface area contributed by atoms with Crippen molar-refractivity contribution < 1.29 is 14.3 Å². The van der Waals surface area contributed by atoms with Crippen molar-refractivity contribution in [1.82, 2.24) is 4.90 Å². The smallest absolute Gasteiger partial charge is 0.238 e. The standard InChI is InChI=1S/C23H31N3O3/c1-5-17(3)18-10-12-19(13-11-18)24-22(27)15-26(6-2)16-23(28)25-20-8-7-9-21(14-20)29-4/h7-14,17H,5-6,15-16H2,1-4H3,(H,24,27)(H,25,28)/t17-/m1/s1. The maximum absolute atomic E-state index is 12.4. The van der Waals surface area contributed by atoms with Crippen molar-refractivity contribution in [2.24, 2.45) is 0 Å². The summed E-state index contributed by atoms with van der Waals surface area (Å²) in [5.41, 5.74) is 2.69. The van der Waals surface area contributed by atoms with Crippen LogP contribution in [-0.4, -0.2) is 43.5 Å². The molecule has 6 heteroatoms. The maximum atomic E-state index is 12.4. The lowest BCUT2D eigenvalue weighted by atomic mass is 9.99. The normalized spacial score (nSPS) is 11.8. The van der Waals surface area contributed by atoms with Gasteiger partial charge >= 0.3 is 0 Å². The fraction of sp³-hybridized carbons (Fsp3) is 0.391. The van der Waals surface area contributed by atoms with Gasteiger partial charge < -0.3 is 15.4 Å². The van der Waals surface area contributed by atoms with Crippen LogP contribution in [0.4, 0.5) is 11.4 Å². The van der Waals surface area contributed by atoms with Crippen molar-refractivity contribution >= 4 is 23.2 Å². The van der Waals surface area contributed by atoms with Crippen LogP contribution in [0.5, 0.6) is 5.75 Å². The lowest BCUT2D eigenvalue weighted by Crippen LogP contribution is -2.38. The van der Waals surface area contributed by atoms with Crippen molar-refractivity contribution in [2.45, 2.75) is 33.1 Å². The Kier molecular flexibility index (Phi) is 8.68. The third kappa shape index (κ3) is 7.23. The van der Waals surface area contributed by atoms with Crippen molar-refractivity contribution in [3.63, 3.8) is 0 Å². The fourth-order valence-electron chi connectivity index (χ4n) is 2.92. The molecule has 0 aromatic heterocycles. The summed E-state index contributed by atoms with van der Waals surface area (Å²) in [5.74, 6) is 0.857. The van der Waals surface area contributed by atoms with E-state index in [0.29, 0.717) is 23.9 Å². The Morgan fingerprint density at radius 1 is 0.966 bits per heavy atom. The minimum absolute atomic E-state index is 0.133. The zero-order valence-electron chi connectivity index (χ0n) is 17.7. The largest absolute Gasteiger partial charge is 0.497 e. The number of carbonyl (C=O) groups is 2. The van der Waals surface area contributed by atoms with Crippen LogP contribution in [0, 0.1) is 0 Å². The summed E-state index contributed by atoms with van der Waals surface area (Å²) in [6.07, 6.45) is 1.08. The van der Waals surface area contributed by atoms with Gasteiger partial charge in [0, 0.05) is 17.4 Å². The Bertz CT molecular complexity index is 805. The minimum atomic E-state index is -0.175. The number of nitrogens with zero attached hydrogens (tertiary/aromatic N) is 1. The zero-order chi connectivity index (χ0) is 21.2. The van der Waals surface area contributed by atoms with Gasteiger partial charge in [-0.2, -0.15) is 0 Å². The van der Waals surface area contributed by atoms with Crippen molar-refractivity contribution in [3.05, 3.63) is 54.1 Å².